The first-order valence-electron chi connectivity index (χ1n) is 8.61. The van der Waals surface area contributed by atoms with Gasteiger partial charge in [-0.05, 0) is 50.7 Å². The Labute approximate surface area is 153 Å². The third-order valence-corrected chi connectivity index (χ3v) is 5.00. The van der Waals surface area contributed by atoms with Gasteiger partial charge in [0.15, 0.2) is 0 Å². The zero-order valence-electron chi connectivity index (χ0n) is 15.0. The van der Waals surface area contributed by atoms with Crippen molar-refractivity contribution in [1.29, 1.82) is 0 Å². The highest BCUT2D eigenvalue weighted by Crippen LogP contribution is 2.37. The van der Waals surface area contributed by atoms with Crippen molar-refractivity contribution in [1.82, 2.24) is 20.5 Å². The average molecular weight is 361 g/mol. The van der Waals surface area contributed by atoms with E-state index in [2.05, 4.69) is 22.5 Å². The van der Waals surface area contributed by atoms with Crippen molar-refractivity contribution < 1.29 is 4.79 Å². The maximum Gasteiger partial charge on any atom is 0.234 e. The number of nitrogens with zero attached hydrogens (tertiary/aromatic N) is 2. The van der Waals surface area contributed by atoms with Crippen molar-refractivity contribution in [3.63, 3.8) is 0 Å². The predicted octanol–water partition coefficient (Wildman–Crippen LogP) is 2.39. The molecule has 0 saturated carbocycles. The van der Waals surface area contributed by atoms with Gasteiger partial charge in [-0.1, -0.05) is 30.7 Å². The van der Waals surface area contributed by atoms with Gasteiger partial charge >= 0.3 is 0 Å². The highest BCUT2D eigenvalue weighted by atomic mass is 35.5. The Kier molecular flexibility index (Phi) is 5.27. The second-order valence-electron chi connectivity index (χ2n) is 7.30. The summed E-state index contributed by atoms with van der Waals surface area (Å²) in [5.74, 6) is 0.476. The molecule has 0 bridgehead atoms. The number of rotatable bonds is 4. The number of amides is 1. The van der Waals surface area contributed by atoms with Gasteiger partial charge in [-0.2, -0.15) is 0 Å². The summed E-state index contributed by atoms with van der Waals surface area (Å²) in [5.41, 5.74) is 1.39. The topological polar surface area (TPSA) is 57.3 Å². The fraction of sp³-hybridized carbons (Fsp3) is 0.474. The van der Waals surface area contributed by atoms with Gasteiger partial charge in [0, 0.05) is 18.1 Å². The Morgan fingerprint density at radius 2 is 2.24 bits per heavy atom. The monoisotopic (exact) mass is 360 g/mol. The molecule has 1 aliphatic rings. The number of halogens is 1. The number of carbonyl (C=O) groups is 1. The maximum absolute atomic E-state index is 12.6. The molecule has 2 atom stereocenters. The molecule has 3 rings (SSSR count). The molecule has 0 spiro atoms. The first-order valence-corrected chi connectivity index (χ1v) is 8.99. The van der Waals surface area contributed by atoms with Gasteiger partial charge in [-0.15, -0.1) is 0 Å². The molecule has 1 aromatic heterocycles. The molecule has 1 aliphatic heterocycles. The van der Waals surface area contributed by atoms with Gasteiger partial charge in [-0.3, -0.25) is 9.78 Å². The SMILES string of the molecule is C[C@@H]1CNC[C@](NC(=O)CN(C)C)(c2ccc(Cl)c3ncccc23)C1. The first-order chi connectivity index (χ1) is 11.9. The average Bonchev–Trinajstić information content (AvgIpc) is 2.54. The number of carbonyl (C=O) groups excluding carboxylic acids is 1. The predicted molar refractivity (Wildman–Crippen MR) is 102 cm³/mol. The van der Waals surface area contributed by atoms with Crippen LogP contribution >= 0.6 is 11.6 Å². The molecule has 5 nitrogen and oxygen atoms in total. The van der Waals surface area contributed by atoms with E-state index in [0.29, 0.717) is 24.0 Å². The molecule has 25 heavy (non-hydrogen) atoms. The number of fused-ring (bicyclic) bond motifs is 1. The molecule has 1 amide bonds. The van der Waals surface area contributed by atoms with Crippen LogP contribution in [-0.4, -0.2) is 49.5 Å². The van der Waals surface area contributed by atoms with Crippen molar-refractivity contribution in [2.45, 2.75) is 18.9 Å². The van der Waals surface area contributed by atoms with Crippen LogP contribution < -0.4 is 10.6 Å². The Bertz CT molecular complexity index is 779. The molecule has 2 N–H and O–H groups in total. The Morgan fingerprint density at radius 1 is 1.44 bits per heavy atom. The van der Waals surface area contributed by atoms with E-state index in [9.17, 15) is 4.79 Å². The third-order valence-electron chi connectivity index (χ3n) is 4.69. The normalized spacial score (nSPS) is 23.8. The largest absolute Gasteiger partial charge is 0.344 e. The maximum atomic E-state index is 12.6. The second kappa shape index (κ2) is 7.28. The summed E-state index contributed by atoms with van der Waals surface area (Å²) in [6, 6.07) is 7.85. The minimum atomic E-state index is -0.462. The van der Waals surface area contributed by atoms with Crippen LogP contribution in [0.5, 0.6) is 0 Å². The molecule has 0 aliphatic carbocycles. The van der Waals surface area contributed by atoms with Gasteiger partial charge in [0.1, 0.15) is 0 Å². The molecule has 2 aromatic rings. The molecular formula is C19H25ClN4O. The van der Waals surface area contributed by atoms with Gasteiger partial charge in [0.25, 0.3) is 0 Å². The van der Waals surface area contributed by atoms with Crippen LogP contribution in [0.2, 0.25) is 5.02 Å². The van der Waals surface area contributed by atoms with E-state index in [1.807, 2.05) is 43.3 Å². The summed E-state index contributed by atoms with van der Waals surface area (Å²) in [6.45, 7) is 4.21. The second-order valence-corrected chi connectivity index (χ2v) is 7.71. The smallest absolute Gasteiger partial charge is 0.234 e. The molecular weight excluding hydrogens is 336 g/mol. The van der Waals surface area contributed by atoms with Gasteiger partial charge in [0.2, 0.25) is 5.91 Å². The van der Waals surface area contributed by atoms with Gasteiger partial charge < -0.3 is 15.5 Å². The van der Waals surface area contributed by atoms with Crippen LogP contribution in [0.25, 0.3) is 10.9 Å². The number of hydrogen-bond acceptors (Lipinski definition) is 4. The minimum Gasteiger partial charge on any atom is -0.344 e. The van der Waals surface area contributed by atoms with Crippen molar-refractivity contribution in [3.8, 4) is 0 Å². The quantitative estimate of drug-likeness (QED) is 0.879. The van der Waals surface area contributed by atoms with E-state index >= 15 is 0 Å². The molecule has 2 heterocycles. The van der Waals surface area contributed by atoms with Crippen LogP contribution in [0, 0.1) is 5.92 Å². The van der Waals surface area contributed by atoms with E-state index in [-0.39, 0.29) is 5.91 Å². The first kappa shape index (κ1) is 18.1. The minimum absolute atomic E-state index is 0.0212. The van der Waals surface area contributed by atoms with Crippen LogP contribution in [0.1, 0.15) is 18.9 Å². The van der Waals surface area contributed by atoms with E-state index in [4.69, 9.17) is 11.6 Å². The summed E-state index contributed by atoms with van der Waals surface area (Å²) >= 11 is 6.34. The fourth-order valence-corrected chi connectivity index (χ4v) is 4.00. The van der Waals surface area contributed by atoms with Crippen LogP contribution in [-0.2, 0) is 10.3 Å². The summed E-state index contributed by atoms with van der Waals surface area (Å²) in [4.78, 5) is 18.9. The number of piperidine rings is 1. The lowest BCUT2D eigenvalue weighted by atomic mass is 9.77. The van der Waals surface area contributed by atoms with Crippen LogP contribution in [0.15, 0.2) is 30.5 Å². The van der Waals surface area contributed by atoms with Crippen LogP contribution in [0.4, 0.5) is 0 Å². The number of aromatic nitrogens is 1. The lowest BCUT2D eigenvalue weighted by Crippen LogP contribution is -2.58. The lowest BCUT2D eigenvalue weighted by molar-refractivity contribution is -0.124. The standard InChI is InChI=1S/C19H25ClN4O/c1-13-9-19(12-21-10-13,23-17(25)11-24(2)3)15-6-7-16(20)18-14(15)5-4-8-22-18/h4-8,13,21H,9-12H2,1-3H3,(H,23,25)/t13-,19-/m0/s1. The van der Waals surface area contributed by atoms with E-state index in [1.165, 1.54) is 0 Å². The van der Waals surface area contributed by atoms with E-state index in [0.717, 1.165) is 29.4 Å². The number of hydrogen-bond donors (Lipinski definition) is 2. The van der Waals surface area contributed by atoms with Crippen molar-refractivity contribution in [2.75, 3.05) is 33.7 Å². The zero-order chi connectivity index (χ0) is 18.0. The summed E-state index contributed by atoms with van der Waals surface area (Å²) in [7, 11) is 3.80. The molecule has 1 aromatic carbocycles. The third kappa shape index (κ3) is 3.78. The van der Waals surface area contributed by atoms with Crippen molar-refractivity contribution in [2.24, 2.45) is 5.92 Å². The molecule has 1 saturated heterocycles. The Morgan fingerprint density at radius 3 is 2.96 bits per heavy atom. The summed E-state index contributed by atoms with van der Waals surface area (Å²) in [5, 5.41) is 8.42. The molecule has 0 unspecified atom stereocenters. The van der Waals surface area contributed by atoms with Crippen molar-refractivity contribution in [3.05, 3.63) is 41.0 Å². The van der Waals surface area contributed by atoms with Gasteiger partial charge in [0.05, 0.1) is 22.6 Å². The number of nitrogens with one attached hydrogen (secondary N) is 2. The number of pyridine rings is 1. The molecule has 6 heteroatoms. The highest BCUT2D eigenvalue weighted by molar-refractivity contribution is 6.35. The molecule has 1 fully saturated rings. The fourth-order valence-electron chi connectivity index (χ4n) is 3.79. The molecule has 0 radical (unpaired) electrons. The lowest BCUT2D eigenvalue weighted by Gasteiger charge is -2.42. The Balaban J connectivity index is 2.09. The number of benzene rings is 1. The number of likely N-dealkylation sites (N-methyl/N-ethyl adjacent to an activating group) is 1. The van der Waals surface area contributed by atoms with E-state index < -0.39 is 5.54 Å². The summed E-state index contributed by atoms with van der Waals surface area (Å²) in [6.07, 6.45) is 2.63. The van der Waals surface area contributed by atoms with Crippen molar-refractivity contribution >= 4 is 28.4 Å². The van der Waals surface area contributed by atoms with Crippen LogP contribution in [0.3, 0.4) is 0 Å². The van der Waals surface area contributed by atoms with Gasteiger partial charge in [-0.25, -0.2) is 0 Å². The Hall–Kier alpha value is -1.69. The zero-order valence-corrected chi connectivity index (χ0v) is 15.7. The summed E-state index contributed by atoms with van der Waals surface area (Å²) < 4.78 is 0. The highest BCUT2D eigenvalue weighted by Gasteiger charge is 2.39. The molecule has 134 valence electrons. The van der Waals surface area contributed by atoms with E-state index in [1.54, 1.807) is 6.20 Å².